The number of rotatable bonds is 6. The molecule has 4 rings (SSSR count). The van der Waals surface area contributed by atoms with Gasteiger partial charge in [-0.1, -0.05) is 60.7 Å². The zero-order valence-corrected chi connectivity index (χ0v) is 18.6. The maximum atomic E-state index is 13.7. The molecule has 0 bridgehead atoms. The van der Waals surface area contributed by atoms with Crippen molar-refractivity contribution >= 4 is 11.5 Å². The molecule has 0 aliphatic rings. The first-order valence-corrected chi connectivity index (χ1v) is 10.4. The highest BCUT2D eigenvalue weighted by Gasteiger charge is 2.38. The minimum Gasteiger partial charge on any atom is -0.497 e. The fourth-order valence-corrected chi connectivity index (χ4v) is 4.07. The zero-order chi connectivity index (χ0) is 23.5. The van der Waals surface area contributed by atoms with Crippen molar-refractivity contribution in [3.8, 4) is 28.1 Å². The van der Waals surface area contributed by atoms with Gasteiger partial charge in [0.25, 0.3) is 5.69 Å². The van der Waals surface area contributed by atoms with Crippen molar-refractivity contribution in [2.75, 3.05) is 7.11 Å². The standard InChI is InChI=1S/C27H23N2O4/c1-18-23(27(30)21-12-8-5-9-13-21)24(19-14-16-22(33-3)17-15-19)26(29(31)32)25(28(18)2)20-10-6-4-7-11-20/h4-17H,1-3H3/q+1. The van der Waals surface area contributed by atoms with Gasteiger partial charge in [0.05, 0.1) is 23.2 Å². The fourth-order valence-electron chi connectivity index (χ4n) is 4.07. The Bertz CT molecular complexity index is 1330. The van der Waals surface area contributed by atoms with E-state index in [4.69, 9.17) is 4.74 Å². The van der Waals surface area contributed by atoms with Gasteiger partial charge in [-0.05, 0) is 29.8 Å². The molecule has 0 aliphatic heterocycles. The Balaban J connectivity index is 2.14. The number of methoxy groups -OCH3 is 1. The van der Waals surface area contributed by atoms with E-state index in [0.29, 0.717) is 45.0 Å². The van der Waals surface area contributed by atoms with E-state index < -0.39 is 4.92 Å². The molecule has 4 aromatic rings. The lowest BCUT2D eigenvalue weighted by Crippen LogP contribution is -2.38. The van der Waals surface area contributed by atoms with Crippen LogP contribution in [0.1, 0.15) is 21.6 Å². The van der Waals surface area contributed by atoms with E-state index in [-0.39, 0.29) is 11.5 Å². The van der Waals surface area contributed by atoms with Gasteiger partial charge in [-0.2, -0.15) is 4.57 Å². The smallest absolute Gasteiger partial charge is 0.349 e. The number of ether oxygens (including phenoxy) is 1. The van der Waals surface area contributed by atoms with Crippen LogP contribution >= 0.6 is 0 Å². The average molecular weight is 439 g/mol. The number of pyridine rings is 1. The molecule has 0 amide bonds. The Hall–Kier alpha value is -4.32. The van der Waals surface area contributed by atoms with Crippen LogP contribution in [0.5, 0.6) is 5.75 Å². The second kappa shape index (κ2) is 9.04. The number of hydrogen-bond acceptors (Lipinski definition) is 4. The molecule has 33 heavy (non-hydrogen) atoms. The molecule has 0 spiro atoms. The molecule has 0 atom stereocenters. The number of nitro groups is 1. The fraction of sp³-hybridized carbons (Fsp3) is 0.111. The molecule has 164 valence electrons. The summed E-state index contributed by atoms with van der Waals surface area (Å²) >= 11 is 0. The number of aromatic nitrogens is 1. The lowest BCUT2D eigenvalue weighted by atomic mass is 9.89. The molecule has 0 N–H and O–H groups in total. The van der Waals surface area contributed by atoms with Gasteiger partial charge in [0.2, 0.25) is 0 Å². The number of carbonyl (C=O) groups is 1. The van der Waals surface area contributed by atoms with Crippen molar-refractivity contribution < 1.29 is 19.0 Å². The van der Waals surface area contributed by atoms with E-state index in [1.165, 1.54) is 0 Å². The summed E-state index contributed by atoms with van der Waals surface area (Å²) in [6, 6.07) is 25.0. The summed E-state index contributed by atoms with van der Waals surface area (Å²) in [6.45, 7) is 1.82. The summed E-state index contributed by atoms with van der Waals surface area (Å²) in [7, 11) is 3.31. The van der Waals surface area contributed by atoms with Gasteiger partial charge in [-0.15, -0.1) is 0 Å². The predicted octanol–water partition coefficient (Wildman–Crippen LogP) is 5.30. The second-order valence-corrected chi connectivity index (χ2v) is 7.64. The highest BCUT2D eigenvalue weighted by Crippen LogP contribution is 2.41. The molecule has 0 saturated carbocycles. The van der Waals surface area contributed by atoms with Crippen LogP contribution in [0.3, 0.4) is 0 Å². The topological polar surface area (TPSA) is 73.3 Å². The minimum atomic E-state index is -0.400. The number of ketones is 1. The van der Waals surface area contributed by atoms with Gasteiger partial charge in [0, 0.05) is 12.5 Å². The van der Waals surface area contributed by atoms with Crippen molar-refractivity contribution in [3.05, 3.63) is 112 Å². The first-order chi connectivity index (χ1) is 15.9. The van der Waals surface area contributed by atoms with E-state index in [2.05, 4.69) is 0 Å². The predicted molar refractivity (Wildman–Crippen MR) is 126 cm³/mol. The van der Waals surface area contributed by atoms with Crippen molar-refractivity contribution in [1.29, 1.82) is 0 Å². The Labute approximate surface area is 191 Å². The summed E-state index contributed by atoms with van der Waals surface area (Å²) in [6.07, 6.45) is 0. The highest BCUT2D eigenvalue weighted by atomic mass is 16.6. The van der Waals surface area contributed by atoms with Crippen LogP contribution in [0, 0.1) is 17.0 Å². The SMILES string of the molecule is COc1ccc(-c2c(C(=O)c3ccccc3)c(C)[n+](C)c(-c3ccccc3)c2[N+](=O)[O-])cc1. The van der Waals surface area contributed by atoms with Gasteiger partial charge in [-0.25, -0.2) is 0 Å². The van der Waals surface area contributed by atoms with Crippen LogP contribution in [0.4, 0.5) is 5.69 Å². The van der Waals surface area contributed by atoms with Crippen molar-refractivity contribution in [2.45, 2.75) is 6.92 Å². The molecule has 0 radical (unpaired) electrons. The van der Waals surface area contributed by atoms with E-state index in [9.17, 15) is 14.9 Å². The molecule has 1 heterocycles. The largest absolute Gasteiger partial charge is 0.497 e. The average Bonchev–Trinajstić information content (AvgIpc) is 2.85. The van der Waals surface area contributed by atoms with Gasteiger partial charge in [0.15, 0.2) is 11.5 Å². The Morgan fingerprint density at radius 2 is 1.45 bits per heavy atom. The number of nitrogens with zero attached hydrogens (tertiary/aromatic N) is 2. The van der Waals surface area contributed by atoms with E-state index >= 15 is 0 Å². The first kappa shape index (κ1) is 21.9. The third-order valence-electron chi connectivity index (χ3n) is 5.78. The number of benzene rings is 3. The molecule has 0 aliphatic carbocycles. The summed E-state index contributed by atoms with van der Waals surface area (Å²) in [4.78, 5) is 25.8. The van der Waals surface area contributed by atoms with Crippen LogP contribution in [0.15, 0.2) is 84.9 Å². The lowest BCUT2D eigenvalue weighted by Gasteiger charge is -2.15. The second-order valence-electron chi connectivity index (χ2n) is 7.64. The monoisotopic (exact) mass is 439 g/mol. The Morgan fingerprint density at radius 1 is 0.879 bits per heavy atom. The van der Waals surface area contributed by atoms with Crippen LogP contribution in [-0.4, -0.2) is 17.8 Å². The van der Waals surface area contributed by atoms with Crippen molar-refractivity contribution in [2.24, 2.45) is 7.05 Å². The van der Waals surface area contributed by atoms with Crippen LogP contribution < -0.4 is 9.30 Å². The van der Waals surface area contributed by atoms with E-state index in [1.807, 2.05) is 43.3 Å². The number of hydrogen-bond donors (Lipinski definition) is 0. The summed E-state index contributed by atoms with van der Waals surface area (Å²) in [5, 5.41) is 12.5. The molecule has 0 fully saturated rings. The van der Waals surface area contributed by atoms with Gasteiger partial charge < -0.3 is 4.74 Å². The molecular weight excluding hydrogens is 416 g/mol. The van der Waals surface area contributed by atoms with Crippen LogP contribution in [0.2, 0.25) is 0 Å². The first-order valence-electron chi connectivity index (χ1n) is 10.4. The molecule has 6 nitrogen and oxygen atoms in total. The third-order valence-corrected chi connectivity index (χ3v) is 5.78. The van der Waals surface area contributed by atoms with Crippen LogP contribution in [0.25, 0.3) is 22.4 Å². The maximum absolute atomic E-state index is 13.7. The normalized spacial score (nSPS) is 10.6. The quantitative estimate of drug-likeness (QED) is 0.177. The molecule has 1 aromatic heterocycles. The summed E-state index contributed by atoms with van der Waals surface area (Å²) in [5.41, 5.74) is 3.31. The molecule has 3 aromatic carbocycles. The van der Waals surface area contributed by atoms with Gasteiger partial charge >= 0.3 is 5.69 Å². The van der Waals surface area contributed by atoms with Crippen molar-refractivity contribution in [1.82, 2.24) is 0 Å². The Morgan fingerprint density at radius 3 is 2.00 bits per heavy atom. The van der Waals surface area contributed by atoms with Crippen molar-refractivity contribution in [3.63, 3.8) is 0 Å². The minimum absolute atomic E-state index is 0.112. The lowest BCUT2D eigenvalue weighted by molar-refractivity contribution is -0.669. The van der Waals surface area contributed by atoms with Crippen LogP contribution in [-0.2, 0) is 7.05 Å². The maximum Gasteiger partial charge on any atom is 0.349 e. The molecule has 0 unspecified atom stereocenters. The highest BCUT2D eigenvalue weighted by molar-refractivity contribution is 6.15. The van der Waals surface area contributed by atoms with Gasteiger partial charge in [0.1, 0.15) is 18.4 Å². The molecule has 6 heteroatoms. The van der Waals surface area contributed by atoms with Gasteiger partial charge in [-0.3, -0.25) is 14.9 Å². The number of carbonyl (C=O) groups excluding carboxylic acids is 1. The molecule has 0 saturated heterocycles. The molecular formula is C27H23N2O4+. The van der Waals surface area contributed by atoms with E-state index in [1.54, 1.807) is 67.3 Å². The Kier molecular flexibility index (Phi) is 6.00. The summed E-state index contributed by atoms with van der Waals surface area (Å²) in [5.74, 6) is 0.357. The van der Waals surface area contributed by atoms with E-state index in [0.717, 1.165) is 0 Å². The summed E-state index contributed by atoms with van der Waals surface area (Å²) < 4.78 is 6.99. The third kappa shape index (κ3) is 3.99. The zero-order valence-electron chi connectivity index (χ0n) is 18.6.